The molecule has 0 fully saturated rings. The molecule has 0 atom stereocenters. The van der Waals surface area contributed by atoms with Gasteiger partial charge < -0.3 is 5.11 Å². The van der Waals surface area contributed by atoms with E-state index >= 15 is 0 Å². The first-order valence-corrected chi connectivity index (χ1v) is 9.61. The first-order chi connectivity index (χ1) is 13.7. The minimum absolute atomic E-state index is 0.289. The van der Waals surface area contributed by atoms with Gasteiger partial charge in [-0.1, -0.05) is 60.1 Å². The molecule has 0 spiro atoms. The highest BCUT2D eigenvalue weighted by Crippen LogP contribution is 2.34. The zero-order chi connectivity index (χ0) is 19.5. The van der Waals surface area contributed by atoms with Crippen LogP contribution >= 0.6 is 11.6 Å². The minimum atomic E-state index is -0.490. The van der Waals surface area contributed by atoms with Crippen LogP contribution in [0.5, 0.6) is 0 Å². The first-order valence-electron chi connectivity index (χ1n) is 9.23. The summed E-state index contributed by atoms with van der Waals surface area (Å²) in [5, 5.41) is 9.83. The molecule has 0 amide bonds. The highest BCUT2D eigenvalue weighted by atomic mass is 35.5. The van der Waals surface area contributed by atoms with E-state index in [0.717, 1.165) is 34.6 Å². The second kappa shape index (κ2) is 8.00. The van der Waals surface area contributed by atoms with Crippen LogP contribution < -0.4 is 0 Å². The molecule has 28 heavy (non-hydrogen) atoms. The predicted octanol–water partition coefficient (Wildman–Crippen LogP) is 5.36. The molecule has 0 heterocycles. The Morgan fingerprint density at radius 3 is 2.61 bits per heavy atom. The molecular weight excluding hydrogens is 368 g/mol. The van der Waals surface area contributed by atoms with Gasteiger partial charge in [0.1, 0.15) is 6.61 Å². The zero-order valence-electron chi connectivity index (χ0n) is 15.3. The molecule has 0 saturated carbocycles. The van der Waals surface area contributed by atoms with Crippen molar-refractivity contribution in [2.24, 2.45) is 0 Å². The van der Waals surface area contributed by atoms with Gasteiger partial charge in [-0.15, -0.1) is 5.73 Å². The van der Waals surface area contributed by atoms with Crippen molar-refractivity contribution in [2.45, 2.75) is 12.8 Å². The fraction of sp³-hybridized carbons (Fsp3) is 0.120. The number of halogens is 1. The van der Waals surface area contributed by atoms with Gasteiger partial charge in [-0.2, -0.15) is 0 Å². The number of aliphatic hydroxyl groups excluding tert-OH is 1. The van der Waals surface area contributed by atoms with Crippen LogP contribution in [0, 0.1) is 0 Å². The number of fused-ring (bicyclic) bond motifs is 2. The smallest absolute Gasteiger partial charge is 0.188 e. The highest BCUT2D eigenvalue weighted by Gasteiger charge is 2.17. The monoisotopic (exact) mass is 386 g/mol. The molecule has 4 rings (SSSR count). The van der Waals surface area contributed by atoms with Gasteiger partial charge in [0, 0.05) is 16.2 Å². The van der Waals surface area contributed by atoms with Gasteiger partial charge in [-0.25, -0.2) is 0 Å². The quantitative estimate of drug-likeness (QED) is 0.486. The Morgan fingerprint density at radius 1 is 0.964 bits per heavy atom. The summed E-state index contributed by atoms with van der Waals surface area (Å²) in [6, 6.07) is 21.6. The third-order valence-electron chi connectivity index (χ3n) is 5.02. The van der Waals surface area contributed by atoms with Gasteiger partial charge in [-0.05, 0) is 64.9 Å². The predicted molar refractivity (Wildman–Crippen MR) is 114 cm³/mol. The fourth-order valence-corrected chi connectivity index (χ4v) is 3.81. The van der Waals surface area contributed by atoms with Crippen molar-refractivity contribution in [1.29, 1.82) is 0 Å². The lowest BCUT2D eigenvalue weighted by Gasteiger charge is -2.09. The summed E-state index contributed by atoms with van der Waals surface area (Å²) < 4.78 is 0. The van der Waals surface area contributed by atoms with Crippen LogP contribution in [0.2, 0.25) is 5.02 Å². The van der Waals surface area contributed by atoms with Crippen LogP contribution in [0.25, 0.3) is 11.6 Å². The summed E-state index contributed by atoms with van der Waals surface area (Å²) in [5.74, 6) is -0.289. The number of ketones is 1. The number of benzene rings is 3. The van der Waals surface area contributed by atoms with Crippen molar-refractivity contribution in [3.8, 4) is 0 Å². The van der Waals surface area contributed by atoms with E-state index in [1.165, 1.54) is 16.7 Å². The van der Waals surface area contributed by atoms with Crippen LogP contribution in [-0.2, 0) is 12.8 Å². The van der Waals surface area contributed by atoms with E-state index in [1.54, 1.807) is 12.1 Å². The third kappa shape index (κ3) is 3.72. The van der Waals surface area contributed by atoms with Crippen LogP contribution in [-0.4, -0.2) is 17.5 Å². The maximum atomic E-state index is 11.8. The minimum Gasteiger partial charge on any atom is -0.388 e. The van der Waals surface area contributed by atoms with E-state index in [0.29, 0.717) is 5.56 Å². The van der Waals surface area contributed by atoms with Crippen molar-refractivity contribution >= 4 is 29.0 Å². The number of Topliss-reactive ketones (excluding diaryl/α,β-unsaturated/α-hetero) is 1. The molecule has 1 aliphatic rings. The number of carbonyl (C=O) groups is 1. The number of rotatable bonds is 3. The third-order valence-corrected chi connectivity index (χ3v) is 5.26. The fourth-order valence-electron chi connectivity index (χ4n) is 3.61. The molecule has 3 heteroatoms. The summed E-state index contributed by atoms with van der Waals surface area (Å²) in [5.41, 5.74) is 10.7. The van der Waals surface area contributed by atoms with E-state index in [4.69, 9.17) is 16.7 Å². The zero-order valence-corrected chi connectivity index (χ0v) is 16.0. The van der Waals surface area contributed by atoms with Crippen molar-refractivity contribution in [3.63, 3.8) is 0 Å². The number of hydrogen-bond donors (Lipinski definition) is 1. The molecule has 1 aliphatic carbocycles. The molecule has 0 radical (unpaired) electrons. The van der Waals surface area contributed by atoms with E-state index in [-0.39, 0.29) is 5.78 Å². The SMILES string of the molecule is O=C(CO)c1cccc(C=C=C2c3ccccc3CCc3cc(Cl)ccc32)c1. The Balaban J connectivity index is 1.89. The number of hydrogen-bond acceptors (Lipinski definition) is 2. The van der Waals surface area contributed by atoms with Crippen LogP contribution in [0.4, 0.5) is 0 Å². The maximum absolute atomic E-state index is 11.8. The Bertz CT molecular complexity index is 1120. The Kier molecular flexibility index (Phi) is 5.27. The van der Waals surface area contributed by atoms with E-state index in [2.05, 4.69) is 30.0 Å². The maximum Gasteiger partial charge on any atom is 0.188 e. The molecule has 0 saturated heterocycles. The molecule has 2 nitrogen and oxygen atoms in total. The van der Waals surface area contributed by atoms with Gasteiger partial charge in [0.05, 0.1) is 0 Å². The van der Waals surface area contributed by atoms with Crippen molar-refractivity contribution in [2.75, 3.05) is 6.61 Å². The normalized spacial score (nSPS) is 12.4. The van der Waals surface area contributed by atoms with Gasteiger partial charge >= 0.3 is 0 Å². The number of carbonyl (C=O) groups excluding carboxylic acids is 1. The summed E-state index contributed by atoms with van der Waals surface area (Å²) >= 11 is 6.23. The van der Waals surface area contributed by atoms with E-state index in [1.807, 2.05) is 36.4 Å². The van der Waals surface area contributed by atoms with Gasteiger partial charge in [-0.3, -0.25) is 4.79 Å². The van der Waals surface area contributed by atoms with Crippen molar-refractivity contribution < 1.29 is 9.90 Å². The summed E-state index contributed by atoms with van der Waals surface area (Å²) in [7, 11) is 0. The van der Waals surface area contributed by atoms with Crippen molar-refractivity contribution in [3.05, 3.63) is 111 Å². The van der Waals surface area contributed by atoms with Gasteiger partial charge in [0.25, 0.3) is 0 Å². The summed E-state index contributed by atoms with van der Waals surface area (Å²) in [6.45, 7) is -0.490. The molecule has 0 aliphatic heterocycles. The number of aryl methyl sites for hydroxylation is 2. The molecule has 1 N–H and O–H groups in total. The standard InChI is InChI=1S/C25H19ClO2/c26-21-11-13-23-19(15-21)10-9-18-5-1-2-7-22(18)24(23)12-8-17-4-3-6-20(14-17)25(28)16-27/h1-8,11,13-15,27H,9-10,16H2. The van der Waals surface area contributed by atoms with Gasteiger partial charge in [0.15, 0.2) is 5.78 Å². The number of aliphatic hydroxyl groups is 1. The van der Waals surface area contributed by atoms with Crippen LogP contribution in [0.3, 0.4) is 0 Å². The lowest BCUT2D eigenvalue weighted by molar-refractivity contribution is 0.0903. The molecular formula is C25H19ClO2. The van der Waals surface area contributed by atoms with Crippen LogP contribution in [0.1, 0.15) is 38.2 Å². The lowest BCUT2D eigenvalue weighted by atomic mass is 9.94. The molecule has 3 aromatic carbocycles. The molecule has 138 valence electrons. The second-order valence-electron chi connectivity index (χ2n) is 6.83. The lowest BCUT2D eigenvalue weighted by Crippen LogP contribution is -2.03. The average molecular weight is 387 g/mol. The van der Waals surface area contributed by atoms with Gasteiger partial charge in [0.2, 0.25) is 0 Å². The first kappa shape index (κ1) is 18.5. The Hall–Kier alpha value is -2.90. The molecule has 0 aromatic heterocycles. The molecule has 0 unspecified atom stereocenters. The summed E-state index contributed by atoms with van der Waals surface area (Å²) in [6.07, 6.45) is 3.78. The van der Waals surface area contributed by atoms with E-state index < -0.39 is 6.61 Å². The Labute approximate surface area is 169 Å². The largest absolute Gasteiger partial charge is 0.388 e. The summed E-state index contributed by atoms with van der Waals surface area (Å²) in [4.78, 5) is 11.8. The van der Waals surface area contributed by atoms with Crippen LogP contribution in [0.15, 0.2) is 72.5 Å². The average Bonchev–Trinajstić information content (AvgIpc) is 2.88. The molecule has 0 bridgehead atoms. The highest BCUT2D eigenvalue weighted by molar-refractivity contribution is 6.30. The Morgan fingerprint density at radius 2 is 1.75 bits per heavy atom. The van der Waals surface area contributed by atoms with Crippen molar-refractivity contribution in [1.82, 2.24) is 0 Å². The second-order valence-corrected chi connectivity index (χ2v) is 7.27. The topological polar surface area (TPSA) is 37.3 Å². The molecule has 3 aromatic rings. The van der Waals surface area contributed by atoms with E-state index in [9.17, 15) is 4.79 Å².